The fourth-order valence-corrected chi connectivity index (χ4v) is 1.48. The largest absolute Gasteiger partial charge is 0.408 e. The van der Waals surface area contributed by atoms with Gasteiger partial charge in [0.1, 0.15) is 17.8 Å². The van der Waals surface area contributed by atoms with Gasteiger partial charge in [0.15, 0.2) is 0 Å². The van der Waals surface area contributed by atoms with Gasteiger partial charge in [-0.15, -0.1) is 10.2 Å². The molecule has 2 N–H and O–H groups in total. The monoisotopic (exact) mass is 294 g/mol. The highest BCUT2D eigenvalue weighted by Crippen LogP contribution is 2.16. The zero-order valence-electron chi connectivity index (χ0n) is 12.4. The molecule has 9 nitrogen and oxygen atoms in total. The second kappa shape index (κ2) is 5.60. The number of nitrogens with one attached hydrogen (secondary N) is 1. The Labute approximate surface area is 121 Å². The number of nitrogens with zero attached hydrogens (tertiary/aromatic N) is 5. The minimum absolute atomic E-state index is 0.0477. The fourth-order valence-electron chi connectivity index (χ4n) is 1.48. The molecule has 0 aliphatic carbocycles. The lowest BCUT2D eigenvalue weighted by Gasteiger charge is -2.11. The molecule has 2 heterocycles. The van der Waals surface area contributed by atoms with Crippen LogP contribution in [-0.2, 0) is 16.9 Å². The first-order chi connectivity index (χ1) is 9.75. The van der Waals surface area contributed by atoms with Crippen molar-refractivity contribution in [3.05, 3.63) is 17.8 Å². The number of aromatic nitrogens is 5. The average Bonchev–Trinajstić information content (AvgIpc) is 2.97. The van der Waals surface area contributed by atoms with E-state index in [1.165, 1.54) is 10.9 Å². The lowest BCUT2D eigenvalue weighted by molar-refractivity contribution is -0.117. The SMILES string of the molecule is CC(C)c1nnc(NC(=O)Cn2cc(C(C)(C)O)nn2)o1. The van der Waals surface area contributed by atoms with E-state index in [-0.39, 0.29) is 24.4 Å². The number of hydrogen-bond acceptors (Lipinski definition) is 7. The van der Waals surface area contributed by atoms with Crippen molar-refractivity contribution in [2.45, 2.75) is 45.8 Å². The molecule has 9 heteroatoms. The highest BCUT2D eigenvalue weighted by molar-refractivity contribution is 5.88. The van der Waals surface area contributed by atoms with E-state index in [1.807, 2.05) is 13.8 Å². The van der Waals surface area contributed by atoms with Crippen LogP contribution in [0.15, 0.2) is 10.6 Å². The fraction of sp³-hybridized carbons (Fsp3) is 0.583. The molecule has 0 aliphatic heterocycles. The second-order valence-electron chi connectivity index (χ2n) is 5.51. The second-order valence-corrected chi connectivity index (χ2v) is 5.51. The Bertz CT molecular complexity index is 625. The molecule has 2 rings (SSSR count). The van der Waals surface area contributed by atoms with Gasteiger partial charge in [0.2, 0.25) is 11.8 Å². The van der Waals surface area contributed by atoms with Crippen LogP contribution >= 0.6 is 0 Å². The van der Waals surface area contributed by atoms with E-state index in [9.17, 15) is 9.90 Å². The van der Waals surface area contributed by atoms with Gasteiger partial charge in [0.25, 0.3) is 0 Å². The van der Waals surface area contributed by atoms with Crippen LogP contribution in [0.5, 0.6) is 0 Å². The number of anilines is 1. The number of carbonyl (C=O) groups is 1. The van der Waals surface area contributed by atoms with Crippen molar-refractivity contribution >= 4 is 11.9 Å². The van der Waals surface area contributed by atoms with Crippen LogP contribution in [0.2, 0.25) is 0 Å². The lowest BCUT2D eigenvalue weighted by atomic mass is 10.1. The van der Waals surface area contributed by atoms with Gasteiger partial charge in [0.05, 0.1) is 6.20 Å². The summed E-state index contributed by atoms with van der Waals surface area (Å²) in [5, 5.41) is 27.4. The van der Waals surface area contributed by atoms with E-state index >= 15 is 0 Å². The van der Waals surface area contributed by atoms with Crippen LogP contribution < -0.4 is 5.32 Å². The van der Waals surface area contributed by atoms with Gasteiger partial charge >= 0.3 is 6.01 Å². The first kappa shape index (κ1) is 15.1. The third-order valence-electron chi connectivity index (χ3n) is 2.65. The molecule has 0 saturated heterocycles. The van der Waals surface area contributed by atoms with Gasteiger partial charge in [0, 0.05) is 5.92 Å². The Balaban J connectivity index is 1.96. The molecule has 0 fully saturated rings. The standard InChI is InChI=1S/C12H18N6O3/c1-7(2)10-15-16-11(21-10)13-9(19)6-18-5-8(14-17-18)12(3,4)20/h5,7,20H,6H2,1-4H3,(H,13,16,19). The molecule has 0 aromatic carbocycles. The molecule has 0 unspecified atom stereocenters. The van der Waals surface area contributed by atoms with Crippen molar-refractivity contribution in [1.29, 1.82) is 0 Å². The van der Waals surface area contributed by atoms with Crippen LogP contribution in [0.1, 0.15) is 45.2 Å². The topological polar surface area (TPSA) is 119 Å². The summed E-state index contributed by atoms with van der Waals surface area (Å²) in [7, 11) is 0. The van der Waals surface area contributed by atoms with Crippen molar-refractivity contribution < 1.29 is 14.3 Å². The van der Waals surface area contributed by atoms with Crippen LogP contribution in [-0.4, -0.2) is 36.2 Å². The van der Waals surface area contributed by atoms with Gasteiger partial charge in [-0.05, 0) is 13.8 Å². The maximum atomic E-state index is 11.8. The molecule has 21 heavy (non-hydrogen) atoms. The quantitative estimate of drug-likeness (QED) is 0.830. The summed E-state index contributed by atoms with van der Waals surface area (Å²) >= 11 is 0. The van der Waals surface area contributed by atoms with E-state index < -0.39 is 5.60 Å². The highest BCUT2D eigenvalue weighted by Gasteiger charge is 2.21. The minimum Gasteiger partial charge on any atom is -0.408 e. The van der Waals surface area contributed by atoms with Crippen LogP contribution in [0.3, 0.4) is 0 Å². The Hall–Kier alpha value is -2.29. The normalized spacial score (nSPS) is 11.9. The van der Waals surface area contributed by atoms with Crippen LogP contribution in [0.4, 0.5) is 6.01 Å². The van der Waals surface area contributed by atoms with Gasteiger partial charge in [-0.25, -0.2) is 4.68 Å². The van der Waals surface area contributed by atoms with Gasteiger partial charge in [-0.2, -0.15) is 0 Å². The molecule has 0 radical (unpaired) electrons. The highest BCUT2D eigenvalue weighted by atomic mass is 16.4. The summed E-state index contributed by atoms with van der Waals surface area (Å²) in [6.07, 6.45) is 1.51. The predicted molar refractivity (Wildman–Crippen MR) is 72.3 cm³/mol. The zero-order chi connectivity index (χ0) is 15.6. The minimum atomic E-state index is -1.10. The first-order valence-electron chi connectivity index (χ1n) is 6.52. The summed E-state index contributed by atoms with van der Waals surface area (Å²) in [6.45, 7) is 6.93. The molecule has 2 aromatic heterocycles. The van der Waals surface area contributed by atoms with E-state index in [0.717, 1.165) is 0 Å². The molecular weight excluding hydrogens is 276 g/mol. The third-order valence-corrected chi connectivity index (χ3v) is 2.65. The van der Waals surface area contributed by atoms with Crippen molar-refractivity contribution in [2.24, 2.45) is 0 Å². The van der Waals surface area contributed by atoms with Gasteiger partial charge < -0.3 is 9.52 Å². The molecule has 0 aliphatic rings. The van der Waals surface area contributed by atoms with E-state index in [4.69, 9.17) is 4.42 Å². The smallest absolute Gasteiger partial charge is 0.322 e. The Morgan fingerprint density at radius 1 is 1.43 bits per heavy atom. The number of amides is 1. The summed E-state index contributed by atoms with van der Waals surface area (Å²) in [5.41, 5.74) is -0.719. The molecule has 1 amide bonds. The third kappa shape index (κ3) is 3.85. The summed E-state index contributed by atoms with van der Waals surface area (Å²) < 4.78 is 6.60. The Morgan fingerprint density at radius 2 is 2.14 bits per heavy atom. The molecule has 0 bridgehead atoms. The summed E-state index contributed by atoms with van der Waals surface area (Å²) in [6, 6.07) is 0.0477. The average molecular weight is 294 g/mol. The summed E-state index contributed by atoms with van der Waals surface area (Å²) in [5.74, 6) is 0.171. The molecule has 0 atom stereocenters. The van der Waals surface area contributed by atoms with Crippen LogP contribution in [0, 0.1) is 0 Å². The lowest BCUT2D eigenvalue weighted by Crippen LogP contribution is -2.19. The zero-order valence-corrected chi connectivity index (χ0v) is 12.4. The van der Waals surface area contributed by atoms with Crippen molar-refractivity contribution in [3.8, 4) is 0 Å². The maximum absolute atomic E-state index is 11.8. The van der Waals surface area contributed by atoms with Crippen molar-refractivity contribution in [1.82, 2.24) is 25.2 Å². The summed E-state index contributed by atoms with van der Waals surface area (Å²) in [4.78, 5) is 11.8. The number of rotatable bonds is 5. The number of hydrogen-bond donors (Lipinski definition) is 2. The number of carbonyl (C=O) groups excluding carboxylic acids is 1. The predicted octanol–water partition coefficient (Wildman–Crippen LogP) is 0.651. The first-order valence-corrected chi connectivity index (χ1v) is 6.52. The molecule has 114 valence electrons. The number of aliphatic hydroxyl groups is 1. The van der Waals surface area contributed by atoms with E-state index in [1.54, 1.807) is 13.8 Å². The maximum Gasteiger partial charge on any atom is 0.322 e. The van der Waals surface area contributed by atoms with Crippen LogP contribution in [0.25, 0.3) is 0 Å². The molecule has 0 spiro atoms. The van der Waals surface area contributed by atoms with Crippen molar-refractivity contribution in [3.63, 3.8) is 0 Å². The Morgan fingerprint density at radius 3 is 2.67 bits per heavy atom. The van der Waals surface area contributed by atoms with Gasteiger partial charge in [-0.1, -0.05) is 24.2 Å². The molecular formula is C12H18N6O3. The Kier molecular flexibility index (Phi) is 4.03. The van der Waals surface area contributed by atoms with Gasteiger partial charge in [-0.3, -0.25) is 10.1 Å². The molecule has 2 aromatic rings. The van der Waals surface area contributed by atoms with Crippen molar-refractivity contribution in [2.75, 3.05) is 5.32 Å². The van der Waals surface area contributed by atoms with E-state index in [2.05, 4.69) is 25.8 Å². The van der Waals surface area contributed by atoms with E-state index in [0.29, 0.717) is 11.6 Å². The molecule has 0 saturated carbocycles.